The van der Waals surface area contributed by atoms with Crippen LogP contribution in [0.5, 0.6) is 5.75 Å². The van der Waals surface area contributed by atoms with Crippen molar-refractivity contribution in [2.45, 2.75) is 30.6 Å². The van der Waals surface area contributed by atoms with Crippen molar-refractivity contribution in [2.24, 2.45) is 0 Å². The Morgan fingerprint density at radius 1 is 1.34 bits per heavy atom. The second kappa shape index (κ2) is 8.83. The minimum Gasteiger partial charge on any atom is -0.497 e. The smallest absolute Gasteiger partial charge is 0.324 e. The third kappa shape index (κ3) is 4.38. The Kier molecular flexibility index (Phi) is 6.00. The number of ether oxygens (including phenoxy) is 2. The number of nitrogens with zero attached hydrogens (tertiary/aromatic N) is 4. The van der Waals surface area contributed by atoms with Gasteiger partial charge in [-0.3, -0.25) is 14.3 Å². The maximum absolute atomic E-state index is 12.4. The van der Waals surface area contributed by atoms with Crippen LogP contribution >= 0.6 is 11.8 Å². The van der Waals surface area contributed by atoms with E-state index >= 15 is 0 Å². The molecule has 2 aromatic rings. The summed E-state index contributed by atoms with van der Waals surface area (Å²) in [5.74, 6) is 1.38. The van der Waals surface area contributed by atoms with Gasteiger partial charge in [-0.1, -0.05) is 11.8 Å². The average Bonchev–Trinajstić information content (AvgIpc) is 3.49. The molecule has 2 saturated heterocycles. The van der Waals surface area contributed by atoms with Crippen molar-refractivity contribution >= 4 is 23.7 Å². The van der Waals surface area contributed by atoms with E-state index < -0.39 is 0 Å². The van der Waals surface area contributed by atoms with Crippen molar-refractivity contribution in [3.8, 4) is 17.1 Å². The van der Waals surface area contributed by atoms with Gasteiger partial charge in [0.15, 0.2) is 11.0 Å². The van der Waals surface area contributed by atoms with E-state index in [0.29, 0.717) is 24.8 Å². The maximum atomic E-state index is 12.4. The molecule has 4 rings (SSSR count). The van der Waals surface area contributed by atoms with Crippen LogP contribution in [0.4, 0.5) is 4.79 Å². The van der Waals surface area contributed by atoms with Crippen LogP contribution in [-0.2, 0) is 16.1 Å². The van der Waals surface area contributed by atoms with Crippen LogP contribution in [0.2, 0.25) is 0 Å². The summed E-state index contributed by atoms with van der Waals surface area (Å²) in [6, 6.07) is 7.28. The summed E-state index contributed by atoms with van der Waals surface area (Å²) in [6.07, 6.45) is 2.12. The standard InChI is InChI=1S/C19H23N5O4S/c1-27-14-6-4-13(5-7-14)17-21-22-19(24(17)11-15-3-2-10-28-15)29-12-16(25)23-9-8-20-18(23)26/h4-7,15H,2-3,8-12H2,1H3,(H,20,26)/t15-/m1/s1. The molecule has 9 nitrogen and oxygen atoms in total. The fraction of sp³-hybridized carbons (Fsp3) is 0.474. The lowest BCUT2D eigenvalue weighted by Gasteiger charge is -2.15. The van der Waals surface area contributed by atoms with Crippen molar-refractivity contribution in [1.82, 2.24) is 25.0 Å². The SMILES string of the molecule is COc1ccc(-c2nnc(SCC(=O)N3CCNC3=O)n2C[C@H]2CCCO2)cc1. The van der Waals surface area contributed by atoms with E-state index in [2.05, 4.69) is 15.5 Å². The van der Waals surface area contributed by atoms with Crippen LogP contribution in [-0.4, -0.2) is 70.3 Å². The first-order valence-corrected chi connectivity index (χ1v) is 10.5. The highest BCUT2D eigenvalue weighted by Gasteiger charge is 2.27. The molecule has 154 valence electrons. The molecule has 1 atom stereocenters. The van der Waals surface area contributed by atoms with Gasteiger partial charge in [0, 0.05) is 25.3 Å². The molecular weight excluding hydrogens is 394 g/mol. The van der Waals surface area contributed by atoms with Gasteiger partial charge >= 0.3 is 6.03 Å². The fourth-order valence-corrected chi connectivity index (χ4v) is 4.24. The number of nitrogens with one attached hydrogen (secondary N) is 1. The van der Waals surface area contributed by atoms with Crippen LogP contribution < -0.4 is 10.1 Å². The minimum atomic E-state index is -0.338. The van der Waals surface area contributed by atoms with Gasteiger partial charge in [0.25, 0.3) is 0 Å². The molecule has 0 saturated carbocycles. The summed E-state index contributed by atoms with van der Waals surface area (Å²) in [4.78, 5) is 25.3. The van der Waals surface area contributed by atoms with Gasteiger partial charge in [-0.15, -0.1) is 10.2 Å². The van der Waals surface area contributed by atoms with Gasteiger partial charge in [0.05, 0.1) is 25.5 Å². The third-order valence-electron chi connectivity index (χ3n) is 4.96. The predicted molar refractivity (Wildman–Crippen MR) is 107 cm³/mol. The van der Waals surface area contributed by atoms with E-state index in [0.717, 1.165) is 36.6 Å². The van der Waals surface area contributed by atoms with Gasteiger partial charge in [-0.05, 0) is 37.1 Å². The molecule has 10 heteroatoms. The molecular formula is C19H23N5O4S. The van der Waals surface area contributed by atoms with Gasteiger partial charge in [-0.25, -0.2) is 4.79 Å². The zero-order valence-corrected chi connectivity index (χ0v) is 17.0. The number of methoxy groups -OCH3 is 1. The number of carbonyl (C=O) groups is 2. The number of rotatable bonds is 7. The van der Waals surface area contributed by atoms with Gasteiger partial charge in [0.1, 0.15) is 5.75 Å². The zero-order valence-electron chi connectivity index (χ0n) is 16.2. The molecule has 1 aromatic heterocycles. The van der Waals surface area contributed by atoms with Crippen molar-refractivity contribution in [1.29, 1.82) is 0 Å². The van der Waals surface area contributed by atoms with Crippen LogP contribution in [0.1, 0.15) is 12.8 Å². The van der Waals surface area contributed by atoms with Crippen LogP contribution in [0.15, 0.2) is 29.4 Å². The summed E-state index contributed by atoms with van der Waals surface area (Å²) < 4.78 is 13.0. The summed E-state index contributed by atoms with van der Waals surface area (Å²) in [6.45, 7) is 2.27. The Hall–Kier alpha value is -2.59. The van der Waals surface area contributed by atoms with E-state index in [1.165, 1.54) is 16.7 Å². The Morgan fingerprint density at radius 3 is 2.83 bits per heavy atom. The molecule has 29 heavy (non-hydrogen) atoms. The number of carbonyl (C=O) groups excluding carboxylic acids is 2. The second-order valence-electron chi connectivity index (χ2n) is 6.85. The molecule has 2 aliphatic heterocycles. The molecule has 0 radical (unpaired) electrons. The van der Waals surface area contributed by atoms with Gasteiger partial charge < -0.3 is 14.8 Å². The molecule has 0 aliphatic carbocycles. The lowest BCUT2D eigenvalue weighted by atomic mass is 10.2. The molecule has 3 amide bonds. The molecule has 0 spiro atoms. The van der Waals surface area contributed by atoms with Crippen molar-refractivity contribution < 1.29 is 19.1 Å². The first-order valence-electron chi connectivity index (χ1n) is 9.56. The summed E-state index contributed by atoms with van der Waals surface area (Å²) in [5, 5.41) is 12.0. The van der Waals surface area contributed by atoms with E-state index in [1.807, 2.05) is 28.8 Å². The monoisotopic (exact) mass is 417 g/mol. The van der Waals surface area contributed by atoms with Crippen molar-refractivity contribution in [2.75, 3.05) is 32.6 Å². The first kappa shape index (κ1) is 19.7. The number of hydrogen-bond acceptors (Lipinski definition) is 7. The predicted octanol–water partition coefficient (Wildman–Crippen LogP) is 1.78. The zero-order chi connectivity index (χ0) is 20.2. The number of hydrogen-bond donors (Lipinski definition) is 1. The van der Waals surface area contributed by atoms with Gasteiger partial charge in [-0.2, -0.15) is 0 Å². The molecule has 0 bridgehead atoms. The minimum absolute atomic E-state index is 0.0995. The van der Waals surface area contributed by atoms with Crippen LogP contribution in [0.3, 0.4) is 0 Å². The highest BCUT2D eigenvalue weighted by Crippen LogP contribution is 2.28. The van der Waals surface area contributed by atoms with E-state index in [-0.39, 0.29) is 23.8 Å². The fourth-order valence-electron chi connectivity index (χ4n) is 3.42. The van der Waals surface area contributed by atoms with E-state index in [4.69, 9.17) is 9.47 Å². The van der Waals surface area contributed by atoms with Crippen molar-refractivity contribution in [3.63, 3.8) is 0 Å². The average molecular weight is 417 g/mol. The quantitative estimate of drug-likeness (QED) is 0.686. The Morgan fingerprint density at radius 2 is 2.17 bits per heavy atom. The van der Waals surface area contributed by atoms with Crippen LogP contribution in [0.25, 0.3) is 11.4 Å². The first-order chi connectivity index (χ1) is 14.2. The molecule has 1 N–H and O–H groups in total. The largest absolute Gasteiger partial charge is 0.497 e. The Balaban J connectivity index is 1.54. The number of amides is 3. The Labute approximate surface area is 172 Å². The van der Waals surface area contributed by atoms with E-state index in [1.54, 1.807) is 7.11 Å². The number of thioether (sulfide) groups is 1. The topological polar surface area (TPSA) is 98.6 Å². The highest BCUT2D eigenvalue weighted by molar-refractivity contribution is 7.99. The number of aromatic nitrogens is 3. The normalized spacial score (nSPS) is 18.9. The number of benzene rings is 1. The number of imide groups is 1. The number of urea groups is 1. The summed E-state index contributed by atoms with van der Waals surface area (Å²) in [7, 11) is 1.63. The van der Waals surface area contributed by atoms with Crippen molar-refractivity contribution in [3.05, 3.63) is 24.3 Å². The second-order valence-corrected chi connectivity index (χ2v) is 7.79. The van der Waals surface area contributed by atoms with Gasteiger partial charge in [0.2, 0.25) is 5.91 Å². The maximum Gasteiger partial charge on any atom is 0.324 e. The third-order valence-corrected chi connectivity index (χ3v) is 5.91. The summed E-state index contributed by atoms with van der Waals surface area (Å²) in [5.41, 5.74) is 0.911. The molecule has 2 aliphatic rings. The molecule has 2 fully saturated rings. The summed E-state index contributed by atoms with van der Waals surface area (Å²) >= 11 is 1.29. The lowest BCUT2D eigenvalue weighted by molar-refractivity contribution is -0.124. The molecule has 1 aromatic carbocycles. The van der Waals surface area contributed by atoms with E-state index in [9.17, 15) is 9.59 Å². The molecule has 3 heterocycles. The lowest BCUT2D eigenvalue weighted by Crippen LogP contribution is -2.35. The Bertz CT molecular complexity index is 879. The highest BCUT2D eigenvalue weighted by atomic mass is 32.2. The molecule has 0 unspecified atom stereocenters. The van der Waals surface area contributed by atoms with Crippen LogP contribution in [0, 0.1) is 0 Å².